The third-order valence-corrected chi connectivity index (χ3v) is 3.36. The third-order valence-electron chi connectivity index (χ3n) is 3.36. The lowest BCUT2D eigenvalue weighted by Gasteiger charge is -2.35. The van der Waals surface area contributed by atoms with E-state index in [9.17, 15) is 15.0 Å². The van der Waals surface area contributed by atoms with Gasteiger partial charge >= 0.3 is 0 Å². The number of hydrogen-bond acceptors (Lipinski definition) is 5. The molecule has 1 aliphatic rings. The van der Waals surface area contributed by atoms with E-state index < -0.39 is 6.10 Å². The van der Waals surface area contributed by atoms with Crippen molar-refractivity contribution < 1.29 is 24.5 Å². The van der Waals surface area contributed by atoms with Gasteiger partial charge in [-0.05, 0) is 31.0 Å². The Bertz CT molecular complexity index is 517. The maximum absolute atomic E-state index is 12.4. The molecule has 6 heteroatoms. The summed E-state index contributed by atoms with van der Waals surface area (Å²) < 4.78 is 11.3. The first kappa shape index (κ1) is 15.6. The van der Waals surface area contributed by atoms with Crippen LogP contribution in [0.5, 0.6) is 11.5 Å². The number of ether oxygens (including phenoxy) is 2. The van der Waals surface area contributed by atoms with Crippen LogP contribution in [0.4, 0.5) is 5.69 Å². The van der Waals surface area contributed by atoms with Crippen LogP contribution in [-0.4, -0.2) is 42.0 Å². The number of anilines is 1. The van der Waals surface area contributed by atoms with E-state index in [1.807, 2.05) is 13.8 Å². The fourth-order valence-electron chi connectivity index (χ4n) is 2.39. The van der Waals surface area contributed by atoms with Crippen molar-refractivity contribution in [3.8, 4) is 11.5 Å². The summed E-state index contributed by atoms with van der Waals surface area (Å²) in [5, 5.41) is 18.6. The van der Waals surface area contributed by atoms with E-state index in [0.29, 0.717) is 35.8 Å². The maximum atomic E-state index is 12.4. The molecule has 0 saturated carbocycles. The van der Waals surface area contributed by atoms with Gasteiger partial charge in [0.25, 0.3) is 5.91 Å². The van der Waals surface area contributed by atoms with Crippen molar-refractivity contribution in [1.82, 2.24) is 0 Å². The number of β-amino-alcohol motifs (C(OH)–C–C–N with tert-alkyl or cyclic N) is 1. The minimum atomic E-state index is -0.580. The second kappa shape index (κ2) is 6.78. The molecule has 0 aliphatic carbocycles. The molecule has 2 rings (SSSR count). The second-order valence-corrected chi connectivity index (χ2v) is 4.76. The van der Waals surface area contributed by atoms with Gasteiger partial charge in [-0.1, -0.05) is 6.92 Å². The summed E-state index contributed by atoms with van der Waals surface area (Å²) in [5.41, 5.74) is 1.17. The van der Waals surface area contributed by atoms with E-state index in [1.54, 1.807) is 12.1 Å². The molecule has 0 saturated heterocycles. The van der Waals surface area contributed by atoms with Crippen LogP contribution < -0.4 is 14.4 Å². The molecule has 2 N–H and O–H groups in total. The second-order valence-electron chi connectivity index (χ2n) is 4.76. The number of carbonyl (C=O) groups is 1. The molecular weight excluding hydrogens is 274 g/mol. The number of nitrogens with zero attached hydrogens (tertiary/aromatic N) is 1. The Balaban J connectivity index is 2.54. The summed E-state index contributed by atoms with van der Waals surface area (Å²) in [6.45, 7) is 4.06. The van der Waals surface area contributed by atoms with Crippen molar-refractivity contribution in [1.29, 1.82) is 0 Å². The molecule has 0 spiro atoms. The van der Waals surface area contributed by atoms with Crippen LogP contribution in [0.3, 0.4) is 0 Å². The Morgan fingerprint density at radius 2 is 2.10 bits per heavy atom. The zero-order valence-electron chi connectivity index (χ0n) is 12.3. The number of rotatable bonds is 6. The standard InChI is InChI=1S/C15H21NO5/c1-3-12-15(19)16(5-6-17)11-7-10(9-18)8-13(20-4-2)14(11)21-12/h7-8,12,17-18H,3-6,9H2,1-2H3. The summed E-state index contributed by atoms with van der Waals surface area (Å²) >= 11 is 0. The number of aliphatic hydroxyl groups is 2. The van der Waals surface area contributed by atoms with Crippen LogP contribution in [0, 0.1) is 0 Å². The van der Waals surface area contributed by atoms with Gasteiger partial charge in [0.2, 0.25) is 0 Å². The fourth-order valence-corrected chi connectivity index (χ4v) is 2.39. The fraction of sp³-hybridized carbons (Fsp3) is 0.533. The highest BCUT2D eigenvalue weighted by Crippen LogP contribution is 2.43. The zero-order chi connectivity index (χ0) is 15.4. The van der Waals surface area contributed by atoms with E-state index >= 15 is 0 Å². The first-order valence-electron chi connectivity index (χ1n) is 7.15. The molecule has 1 atom stereocenters. The van der Waals surface area contributed by atoms with Crippen LogP contribution in [0.2, 0.25) is 0 Å². The summed E-state index contributed by atoms with van der Waals surface area (Å²) in [7, 11) is 0. The highest BCUT2D eigenvalue weighted by molar-refractivity contribution is 6.00. The quantitative estimate of drug-likeness (QED) is 0.821. The Labute approximate surface area is 123 Å². The number of aliphatic hydroxyl groups excluding tert-OH is 2. The van der Waals surface area contributed by atoms with Crippen molar-refractivity contribution in [2.24, 2.45) is 0 Å². The Hall–Kier alpha value is -1.79. The molecule has 1 aliphatic heterocycles. The lowest BCUT2D eigenvalue weighted by Crippen LogP contribution is -2.47. The van der Waals surface area contributed by atoms with Crippen LogP contribution in [0.15, 0.2) is 12.1 Å². The number of benzene rings is 1. The molecular formula is C15H21NO5. The summed E-state index contributed by atoms with van der Waals surface area (Å²) in [5.74, 6) is 0.818. The predicted octanol–water partition coefficient (Wildman–Crippen LogP) is 1.07. The monoisotopic (exact) mass is 295 g/mol. The van der Waals surface area contributed by atoms with Crippen LogP contribution in [0.1, 0.15) is 25.8 Å². The highest BCUT2D eigenvalue weighted by Gasteiger charge is 2.35. The molecule has 6 nitrogen and oxygen atoms in total. The summed E-state index contributed by atoms with van der Waals surface area (Å²) in [6.07, 6.45) is -0.0451. The van der Waals surface area contributed by atoms with Crippen LogP contribution >= 0.6 is 0 Å². The minimum Gasteiger partial charge on any atom is -0.490 e. The molecule has 1 unspecified atom stereocenters. The van der Waals surface area contributed by atoms with Gasteiger partial charge in [-0.2, -0.15) is 0 Å². The Morgan fingerprint density at radius 3 is 2.67 bits per heavy atom. The Morgan fingerprint density at radius 1 is 1.33 bits per heavy atom. The van der Waals surface area contributed by atoms with Crippen molar-refractivity contribution in [3.63, 3.8) is 0 Å². The zero-order valence-corrected chi connectivity index (χ0v) is 12.3. The molecule has 0 bridgehead atoms. The van der Waals surface area contributed by atoms with Crippen molar-refractivity contribution in [3.05, 3.63) is 17.7 Å². The molecule has 1 aromatic carbocycles. The van der Waals surface area contributed by atoms with Crippen LogP contribution in [-0.2, 0) is 11.4 Å². The van der Waals surface area contributed by atoms with E-state index in [-0.39, 0.29) is 25.7 Å². The first-order valence-corrected chi connectivity index (χ1v) is 7.15. The average molecular weight is 295 g/mol. The molecule has 1 heterocycles. The summed E-state index contributed by atoms with van der Waals surface area (Å²) in [4.78, 5) is 13.9. The van der Waals surface area contributed by atoms with Gasteiger partial charge < -0.3 is 24.6 Å². The molecule has 1 amide bonds. The van der Waals surface area contributed by atoms with Gasteiger partial charge in [-0.25, -0.2) is 0 Å². The van der Waals surface area contributed by atoms with Gasteiger partial charge in [-0.15, -0.1) is 0 Å². The molecule has 0 radical (unpaired) electrons. The molecule has 1 aromatic rings. The number of hydrogen-bond donors (Lipinski definition) is 2. The van der Waals surface area contributed by atoms with Gasteiger partial charge in [0.1, 0.15) is 0 Å². The molecule has 116 valence electrons. The van der Waals surface area contributed by atoms with E-state index in [1.165, 1.54) is 4.90 Å². The molecule has 21 heavy (non-hydrogen) atoms. The summed E-state index contributed by atoms with van der Waals surface area (Å²) in [6, 6.07) is 3.40. The number of fused-ring (bicyclic) bond motifs is 1. The van der Waals surface area contributed by atoms with Gasteiger partial charge in [-0.3, -0.25) is 4.79 Å². The van der Waals surface area contributed by atoms with Crippen LogP contribution in [0.25, 0.3) is 0 Å². The number of carbonyl (C=O) groups excluding carboxylic acids is 1. The lowest BCUT2D eigenvalue weighted by molar-refractivity contribution is -0.126. The molecule has 0 fully saturated rings. The average Bonchev–Trinajstić information content (AvgIpc) is 2.50. The van der Waals surface area contributed by atoms with Crippen molar-refractivity contribution >= 4 is 11.6 Å². The smallest absolute Gasteiger partial charge is 0.268 e. The van der Waals surface area contributed by atoms with Gasteiger partial charge in [0.15, 0.2) is 17.6 Å². The van der Waals surface area contributed by atoms with Gasteiger partial charge in [0.05, 0.1) is 25.5 Å². The topological polar surface area (TPSA) is 79.2 Å². The lowest BCUT2D eigenvalue weighted by atomic mass is 10.1. The Kier molecular flexibility index (Phi) is 5.03. The largest absolute Gasteiger partial charge is 0.490 e. The normalized spacial score (nSPS) is 17.4. The highest BCUT2D eigenvalue weighted by atomic mass is 16.5. The van der Waals surface area contributed by atoms with Crippen molar-refractivity contribution in [2.75, 3.05) is 24.7 Å². The van der Waals surface area contributed by atoms with Gasteiger partial charge in [0, 0.05) is 6.54 Å². The third kappa shape index (κ3) is 2.96. The van der Waals surface area contributed by atoms with Crippen molar-refractivity contribution in [2.45, 2.75) is 33.0 Å². The maximum Gasteiger partial charge on any atom is 0.268 e. The van der Waals surface area contributed by atoms with E-state index in [0.717, 1.165) is 0 Å². The molecule has 0 aromatic heterocycles. The predicted molar refractivity (Wildman–Crippen MR) is 77.7 cm³/mol. The van der Waals surface area contributed by atoms with E-state index in [4.69, 9.17) is 9.47 Å². The first-order chi connectivity index (χ1) is 10.2. The van der Waals surface area contributed by atoms with E-state index in [2.05, 4.69) is 0 Å². The number of amides is 1. The minimum absolute atomic E-state index is 0.144. The SMILES string of the molecule is CCOc1cc(CO)cc2c1OC(CC)C(=O)N2CCO.